The van der Waals surface area contributed by atoms with E-state index in [0.29, 0.717) is 5.46 Å². The van der Waals surface area contributed by atoms with Crippen molar-refractivity contribution in [2.24, 2.45) is 0 Å². The van der Waals surface area contributed by atoms with E-state index in [0.717, 1.165) is 0 Å². The first-order valence-corrected chi connectivity index (χ1v) is 11.9. The Morgan fingerprint density at radius 2 is 1.70 bits per heavy atom. The molecule has 27 heavy (non-hydrogen) atoms. The van der Waals surface area contributed by atoms with Gasteiger partial charge in [-0.05, 0) is 33.8 Å². The predicted molar refractivity (Wildman–Crippen MR) is 106 cm³/mol. The van der Waals surface area contributed by atoms with E-state index in [-0.39, 0.29) is 35.3 Å². The van der Waals surface area contributed by atoms with Crippen LogP contribution in [0.15, 0.2) is 17.2 Å². The summed E-state index contributed by atoms with van der Waals surface area (Å²) < 4.78 is 58.6. The number of nitrogens with two attached hydrogens (primary N) is 1. The van der Waals surface area contributed by atoms with Crippen LogP contribution in [0.3, 0.4) is 0 Å². The van der Waals surface area contributed by atoms with Gasteiger partial charge in [-0.2, -0.15) is 14.9 Å². The highest BCUT2D eigenvalue weighted by molar-refractivity contribution is 8.24. The molecule has 1 aromatic heterocycles. The molecule has 0 aliphatic carbocycles. The van der Waals surface area contributed by atoms with Gasteiger partial charge in [-0.1, -0.05) is 0 Å². The van der Waals surface area contributed by atoms with Crippen molar-refractivity contribution < 1.29 is 26.8 Å². The number of pyridine rings is 1. The van der Waals surface area contributed by atoms with Gasteiger partial charge >= 0.3 is 7.12 Å². The van der Waals surface area contributed by atoms with Crippen LogP contribution in [0.4, 0.5) is 5.82 Å². The third kappa shape index (κ3) is 3.84. The summed E-state index contributed by atoms with van der Waals surface area (Å²) in [5.74, 6) is -0.0973. The first kappa shape index (κ1) is 20.8. The molecule has 0 bridgehead atoms. The SMILES string of the molecule is CC1(C)OB(c2cnc(N)c(S(=O)(=O)N3CCS(O)(O)CC3)c2)OC1(C)C. The third-order valence-electron chi connectivity index (χ3n) is 5.38. The number of nitrogens with zero attached hydrogens (tertiary/aromatic N) is 2. The second kappa shape index (κ2) is 6.58. The Balaban J connectivity index is 1.90. The Kier molecular flexibility index (Phi) is 5.08. The summed E-state index contributed by atoms with van der Waals surface area (Å²) in [5.41, 5.74) is 5.17. The minimum Gasteiger partial charge on any atom is -0.399 e. The maximum Gasteiger partial charge on any atom is 0.496 e. The van der Waals surface area contributed by atoms with Crippen LogP contribution in [0.25, 0.3) is 0 Å². The van der Waals surface area contributed by atoms with Gasteiger partial charge in [0.05, 0.1) is 22.7 Å². The number of aromatic nitrogens is 1. The highest BCUT2D eigenvalue weighted by atomic mass is 32.3. The zero-order chi connectivity index (χ0) is 20.3. The van der Waals surface area contributed by atoms with Crippen molar-refractivity contribution in [1.29, 1.82) is 0 Å². The molecule has 3 rings (SSSR count). The van der Waals surface area contributed by atoms with E-state index in [2.05, 4.69) is 4.98 Å². The second-order valence-electron chi connectivity index (χ2n) is 7.85. The molecule has 2 aliphatic heterocycles. The summed E-state index contributed by atoms with van der Waals surface area (Å²) in [6.45, 7) is 7.65. The Hall–Kier alpha value is -0.885. The molecule has 3 heterocycles. The van der Waals surface area contributed by atoms with Crippen LogP contribution in [0.1, 0.15) is 27.7 Å². The molecule has 0 atom stereocenters. The molecular formula is C15H26BN3O6S2. The molecule has 2 fully saturated rings. The molecule has 0 saturated carbocycles. The molecule has 0 unspecified atom stereocenters. The first-order valence-electron chi connectivity index (χ1n) is 8.60. The van der Waals surface area contributed by atoms with Gasteiger partial charge in [0.15, 0.2) is 0 Å². The van der Waals surface area contributed by atoms with Crippen LogP contribution in [-0.4, -0.2) is 69.7 Å². The van der Waals surface area contributed by atoms with Crippen LogP contribution in [0.5, 0.6) is 0 Å². The normalized spacial score (nSPS) is 26.1. The molecule has 12 heteroatoms. The van der Waals surface area contributed by atoms with Gasteiger partial charge in [0, 0.05) is 24.7 Å². The zero-order valence-electron chi connectivity index (χ0n) is 15.9. The molecule has 0 aromatic carbocycles. The molecule has 0 spiro atoms. The van der Waals surface area contributed by atoms with E-state index >= 15 is 0 Å². The Morgan fingerprint density at radius 3 is 2.22 bits per heavy atom. The number of hydrogen-bond donors (Lipinski definition) is 3. The summed E-state index contributed by atoms with van der Waals surface area (Å²) >= 11 is 0. The predicted octanol–water partition coefficient (Wildman–Crippen LogP) is 0.718. The molecule has 4 N–H and O–H groups in total. The van der Waals surface area contributed by atoms with Crippen molar-refractivity contribution in [3.8, 4) is 0 Å². The summed E-state index contributed by atoms with van der Waals surface area (Å²) in [4.78, 5) is 3.90. The monoisotopic (exact) mass is 419 g/mol. The van der Waals surface area contributed by atoms with E-state index in [9.17, 15) is 17.5 Å². The Morgan fingerprint density at radius 1 is 1.19 bits per heavy atom. The van der Waals surface area contributed by atoms with Crippen molar-refractivity contribution in [3.05, 3.63) is 12.3 Å². The fourth-order valence-electron chi connectivity index (χ4n) is 2.87. The summed E-state index contributed by atoms with van der Waals surface area (Å²) in [7, 11) is -7.39. The number of nitrogen functional groups attached to an aromatic ring is 1. The molecular weight excluding hydrogens is 393 g/mol. The molecule has 0 amide bonds. The first-order chi connectivity index (χ1) is 12.3. The van der Waals surface area contributed by atoms with Gasteiger partial charge < -0.3 is 15.0 Å². The van der Waals surface area contributed by atoms with Crippen molar-refractivity contribution in [3.63, 3.8) is 0 Å². The molecule has 0 radical (unpaired) electrons. The van der Waals surface area contributed by atoms with Crippen molar-refractivity contribution in [1.82, 2.24) is 9.29 Å². The van der Waals surface area contributed by atoms with Gasteiger partial charge in [0.25, 0.3) is 0 Å². The summed E-state index contributed by atoms with van der Waals surface area (Å²) in [6.07, 6.45) is 1.45. The maximum atomic E-state index is 13.0. The summed E-state index contributed by atoms with van der Waals surface area (Å²) in [5, 5.41) is 0. The number of hydrogen-bond acceptors (Lipinski definition) is 8. The van der Waals surface area contributed by atoms with Gasteiger partial charge in [0.1, 0.15) is 10.7 Å². The largest absolute Gasteiger partial charge is 0.496 e. The van der Waals surface area contributed by atoms with E-state index in [1.807, 2.05) is 27.7 Å². The highest BCUT2D eigenvalue weighted by Crippen LogP contribution is 2.41. The third-order valence-corrected chi connectivity index (χ3v) is 8.98. The van der Waals surface area contributed by atoms with Crippen LogP contribution in [0, 0.1) is 0 Å². The van der Waals surface area contributed by atoms with Gasteiger partial charge in [-0.15, -0.1) is 0 Å². The van der Waals surface area contributed by atoms with Gasteiger partial charge in [-0.25, -0.2) is 13.4 Å². The van der Waals surface area contributed by atoms with Crippen molar-refractivity contribution in [2.75, 3.05) is 30.3 Å². The molecule has 2 aliphatic rings. The van der Waals surface area contributed by atoms with E-state index in [1.54, 1.807) is 0 Å². The van der Waals surface area contributed by atoms with Crippen molar-refractivity contribution in [2.45, 2.75) is 43.8 Å². The highest BCUT2D eigenvalue weighted by Gasteiger charge is 2.52. The lowest BCUT2D eigenvalue weighted by Crippen LogP contribution is -2.43. The fraction of sp³-hybridized carbons (Fsp3) is 0.667. The van der Waals surface area contributed by atoms with Crippen LogP contribution < -0.4 is 11.2 Å². The molecule has 152 valence electrons. The second-order valence-corrected chi connectivity index (χ2v) is 12.2. The van der Waals surface area contributed by atoms with Crippen LogP contribution in [-0.2, 0) is 19.3 Å². The standard InChI is InChI=1S/C15H26BN3O6S2/c1-14(2)15(3,4)25-16(24-14)11-9-12(13(17)18-10-11)27(22,23)19-5-7-26(20,21)8-6-19/h9-10,20-21H,5-8H2,1-4H3,(H2,17,18). The maximum absolute atomic E-state index is 13.0. The average Bonchev–Trinajstić information content (AvgIpc) is 2.75. The quantitative estimate of drug-likeness (QED) is 0.610. The van der Waals surface area contributed by atoms with Crippen LogP contribution in [0.2, 0.25) is 0 Å². The molecule has 2 saturated heterocycles. The van der Waals surface area contributed by atoms with Crippen molar-refractivity contribution >= 4 is 39.0 Å². The number of rotatable bonds is 3. The Bertz CT molecular complexity index is 820. The lowest BCUT2D eigenvalue weighted by molar-refractivity contribution is 0.00578. The van der Waals surface area contributed by atoms with E-state index < -0.39 is 38.9 Å². The van der Waals surface area contributed by atoms with Gasteiger partial charge in [0.2, 0.25) is 10.0 Å². The molecule has 1 aromatic rings. The van der Waals surface area contributed by atoms with Crippen LogP contribution >= 0.6 is 10.6 Å². The van der Waals surface area contributed by atoms with E-state index in [1.165, 1.54) is 16.6 Å². The minimum absolute atomic E-state index is 0.0104. The van der Waals surface area contributed by atoms with E-state index in [4.69, 9.17) is 15.0 Å². The smallest absolute Gasteiger partial charge is 0.399 e. The minimum atomic E-state index is -3.93. The Labute approximate surface area is 161 Å². The number of sulfonamides is 1. The average molecular weight is 419 g/mol. The van der Waals surface area contributed by atoms with Gasteiger partial charge in [-0.3, -0.25) is 9.11 Å². The summed E-state index contributed by atoms with van der Waals surface area (Å²) in [6, 6.07) is 1.42. The lowest BCUT2D eigenvalue weighted by Gasteiger charge is -2.40. The molecule has 9 nitrogen and oxygen atoms in total. The fourth-order valence-corrected chi connectivity index (χ4v) is 5.88. The lowest BCUT2D eigenvalue weighted by atomic mass is 9.80. The topological polar surface area (TPSA) is 135 Å². The number of anilines is 1. The zero-order valence-corrected chi connectivity index (χ0v) is 17.5.